The van der Waals surface area contributed by atoms with Crippen LogP contribution in [0, 0.1) is 11.3 Å². The number of hydrogen-bond acceptors (Lipinski definition) is 4. The topological polar surface area (TPSA) is 74.7 Å². The summed E-state index contributed by atoms with van der Waals surface area (Å²) < 4.78 is 25.2. The number of anilines is 2. The van der Waals surface area contributed by atoms with Gasteiger partial charge in [0, 0.05) is 31.1 Å². The van der Waals surface area contributed by atoms with Gasteiger partial charge in [0.15, 0.2) is 0 Å². The maximum atomic E-state index is 12.6. The lowest BCUT2D eigenvalue weighted by Crippen LogP contribution is -2.44. The largest absolute Gasteiger partial charge is 0.384 e. The molecule has 1 aromatic heterocycles. The number of halogens is 2. The number of nitrogen functional groups attached to an aromatic ring is 1. The van der Waals surface area contributed by atoms with Crippen molar-refractivity contribution in [2.75, 3.05) is 11.1 Å². The van der Waals surface area contributed by atoms with Crippen molar-refractivity contribution in [1.82, 2.24) is 4.98 Å². The predicted molar refractivity (Wildman–Crippen MR) is 55.0 cm³/mol. The van der Waals surface area contributed by atoms with Crippen LogP contribution in [-0.2, 0) is 0 Å². The van der Waals surface area contributed by atoms with E-state index in [2.05, 4.69) is 10.3 Å². The molecule has 0 aliphatic heterocycles. The molecule has 1 aromatic rings. The maximum Gasteiger partial charge on any atom is 0.252 e. The van der Waals surface area contributed by atoms with E-state index in [9.17, 15) is 8.78 Å². The van der Waals surface area contributed by atoms with Crippen molar-refractivity contribution in [3.05, 3.63) is 17.8 Å². The zero-order chi connectivity index (χ0) is 11.8. The van der Waals surface area contributed by atoms with Crippen LogP contribution in [0.3, 0.4) is 0 Å². The molecule has 0 bridgehead atoms. The molecule has 6 heteroatoms. The molecule has 2 rings (SSSR count). The summed E-state index contributed by atoms with van der Waals surface area (Å²) in [6, 6.07) is 3.11. The third-order valence-corrected chi connectivity index (χ3v) is 2.50. The smallest absolute Gasteiger partial charge is 0.252 e. The van der Waals surface area contributed by atoms with Crippen LogP contribution < -0.4 is 11.1 Å². The number of nitrogens with one attached hydrogen (secondary N) is 1. The van der Waals surface area contributed by atoms with E-state index in [4.69, 9.17) is 11.0 Å². The number of hydrogen-bond donors (Lipinski definition) is 2. The third kappa shape index (κ3) is 2.03. The zero-order valence-electron chi connectivity index (χ0n) is 8.37. The molecule has 0 radical (unpaired) electrons. The molecule has 0 spiro atoms. The SMILES string of the molecule is N#Cc1cnc(N)cc1NC1CC(F)(F)C1. The number of nitrogens with zero attached hydrogens (tertiary/aromatic N) is 2. The molecule has 0 unspecified atom stereocenters. The van der Waals surface area contributed by atoms with Crippen molar-refractivity contribution >= 4 is 11.5 Å². The summed E-state index contributed by atoms with van der Waals surface area (Å²) in [5, 5.41) is 11.7. The Morgan fingerprint density at radius 2 is 2.25 bits per heavy atom. The van der Waals surface area contributed by atoms with Crippen LogP contribution in [0.1, 0.15) is 18.4 Å². The molecule has 1 heterocycles. The lowest BCUT2D eigenvalue weighted by Gasteiger charge is -2.36. The Morgan fingerprint density at radius 3 is 2.81 bits per heavy atom. The Hall–Kier alpha value is -1.90. The van der Waals surface area contributed by atoms with Gasteiger partial charge in [-0.1, -0.05) is 0 Å². The fraction of sp³-hybridized carbons (Fsp3) is 0.400. The van der Waals surface area contributed by atoms with Gasteiger partial charge in [0.1, 0.15) is 11.9 Å². The predicted octanol–water partition coefficient (Wildman–Crippen LogP) is 1.75. The summed E-state index contributed by atoms with van der Waals surface area (Å²) in [6.07, 6.45) is 0.911. The Kier molecular flexibility index (Phi) is 2.38. The van der Waals surface area contributed by atoms with Crippen LogP contribution in [0.2, 0.25) is 0 Å². The van der Waals surface area contributed by atoms with Crippen molar-refractivity contribution in [3.63, 3.8) is 0 Å². The highest BCUT2D eigenvalue weighted by atomic mass is 19.3. The zero-order valence-corrected chi connectivity index (χ0v) is 8.37. The lowest BCUT2D eigenvalue weighted by atomic mass is 9.88. The molecule has 3 N–H and O–H groups in total. The van der Waals surface area contributed by atoms with Gasteiger partial charge in [0.05, 0.1) is 11.3 Å². The van der Waals surface area contributed by atoms with Crippen molar-refractivity contribution in [2.45, 2.75) is 24.8 Å². The number of aromatic nitrogens is 1. The monoisotopic (exact) mass is 224 g/mol. The molecule has 1 saturated carbocycles. The van der Waals surface area contributed by atoms with Gasteiger partial charge >= 0.3 is 0 Å². The molecule has 0 amide bonds. The van der Waals surface area contributed by atoms with Crippen LogP contribution >= 0.6 is 0 Å². The average molecular weight is 224 g/mol. The molecule has 4 nitrogen and oxygen atoms in total. The Morgan fingerprint density at radius 1 is 1.56 bits per heavy atom. The minimum atomic E-state index is -2.58. The number of nitriles is 1. The van der Waals surface area contributed by atoms with Crippen molar-refractivity contribution in [3.8, 4) is 6.07 Å². The molecular formula is C10H10F2N4. The molecule has 0 atom stereocenters. The molecule has 1 aliphatic rings. The first-order valence-corrected chi connectivity index (χ1v) is 4.80. The molecular weight excluding hydrogens is 214 g/mol. The highest BCUT2D eigenvalue weighted by Gasteiger charge is 2.45. The molecule has 0 aromatic carbocycles. The Bertz CT molecular complexity index is 445. The second-order valence-corrected chi connectivity index (χ2v) is 3.87. The second-order valence-electron chi connectivity index (χ2n) is 3.87. The van der Waals surface area contributed by atoms with Crippen molar-refractivity contribution in [2.24, 2.45) is 0 Å². The van der Waals surface area contributed by atoms with Crippen molar-refractivity contribution in [1.29, 1.82) is 5.26 Å². The Labute approximate surface area is 91.1 Å². The number of alkyl halides is 2. The summed E-state index contributed by atoms with van der Waals surface area (Å²) in [5.41, 5.74) is 6.24. The first kappa shape index (κ1) is 10.6. The van der Waals surface area contributed by atoms with Crippen LogP contribution in [0.15, 0.2) is 12.3 Å². The number of pyridine rings is 1. The number of rotatable bonds is 2. The number of nitrogens with two attached hydrogens (primary N) is 1. The van der Waals surface area contributed by atoms with Crippen LogP contribution in [0.4, 0.5) is 20.3 Å². The molecule has 84 valence electrons. The van der Waals surface area contributed by atoms with E-state index in [0.29, 0.717) is 11.3 Å². The highest BCUT2D eigenvalue weighted by Crippen LogP contribution is 2.39. The highest BCUT2D eigenvalue weighted by molar-refractivity contribution is 5.61. The van der Waals surface area contributed by atoms with Gasteiger partial charge in [-0.15, -0.1) is 0 Å². The van der Waals surface area contributed by atoms with Gasteiger partial charge in [0.2, 0.25) is 0 Å². The first-order chi connectivity index (χ1) is 7.50. The third-order valence-electron chi connectivity index (χ3n) is 2.50. The molecule has 16 heavy (non-hydrogen) atoms. The Balaban J connectivity index is 2.10. The fourth-order valence-electron chi connectivity index (χ4n) is 1.66. The minimum absolute atomic E-state index is 0.208. The van der Waals surface area contributed by atoms with Gasteiger partial charge in [-0.2, -0.15) is 5.26 Å². The van der Waals surface area contributed by atoms with Gasteiger partial charge in [-0.05, 0) is 0 Å². The van der Waals surface area contributed by atoms with Gasteiger partial charge in [-0.25, -0.2) is 13.8 Å². The first-order valence-electron chi connectivity index (χ1n) is 4.80. The summed E-state index contributed by atoms with van der Waals surface area (Å²) >= 11 is 0. The summed E-state index contributed by atoms with van der Waals surface area (Å²) in [6.45, 7) is 0. The van der Waals surface area contributed by atoms with E-state index < -0.39 is 5.92 Å². The summed E-state index contributed by atoms with van der Waals surface area (Å²) in [7, 11) is 0. The minimum Gasteiger partial charge on any atom is -0.384 e. The second kappa shape index (κ2) is 3.59. The van der Waals surface area contributed by atoms with E-state index in [1.807, 2.05) is 6.07 Å². The van der Waals surface area contributed by atoms with Crippen LogP contribution in [0.5, 0.6) is 0 Å². The molecule has 0 saturated heterocycles. The average Bonchev–Trinajstić information content (AvgIpc) is 2.15. The van der Waals surface area contributed by atoms with Crippen LogP contribution in [-0.4, -0.2) is 16.9 Å². The lowest BCUT2D eigenvalue weighted by molar-refractivity contribution is -0.0793. The van der Waals surface area contributed by atoms with E-state index in [1.165, 1.54) is 12.3 Å². The maximum absolute atomic E-state index is 12.6. The van der Waals surface area contributed by atoms with E-state index in [0.717, 1.165) is 0 Å². The van der Waals surface area contributed by atoms with Crippen LogP contribution in [0.25, 0.3) is 0 Å². The van der Waals surface area contributed by atoms with Crippen molar-refractivity contribution < 1.29 is 8.78 Å². The fourth-order valence-corrected chi connectivity index (χ4v) is 1.66. The van der Waals surface area contributed by atoms with Gasteiger partial charge in [-0.3, -0.25) is 0 Å². The normalized spacial score (nSPS) is 18.6. The van der Waals surface area contributed by atoms with E-state index >= 15 is 0 Å². The summed E-state index contributed by atoms with van der Waals surface area (Å²) in [4.78, 5) is 3.76. The molecule has 1 fully saturated rings. The molecule has 1 aliphatic carbocycles. The quantitative estimate of drug-likeness (QED) is 0.802. The van der Waals surface area contributed by atoms with Gasteiger partial charge < -0.3 is 11.1 Å². The summed E-state index contributed by atoms with van der Waals surface area (Å²) in [5.74, 6) is -2.32. The standard InChI is InChI=1S/C10H10F2N4/c11-10(12)2-7(3-10)16-8-1-9(14)15-5-6(8)4-13/h1,5,7H,2-3H2,(H3,14,15,16). The van der Waals surface area contributed by atoms with Gasteiger partial charge in [0.25, 0.3) is 5.92 Å². The van der Waals surface area contributed by atoms with E-state index in [-0.39, 0.29) is 24.7 Å². The van der Waals surface area contributed by atoms with E-state index in [1.54, 1.807) is 0 Å².